The lowest BCUT2D eigenvalue weighted by Gasteiger charge is -2.23. The van der Waals surface area contributed by atoms with Crippen LogP contribution in [-0.4, -0.2) is 41.0 Å². The van der Waals surface area contributed by atoms with Crippen LogP contribution in [0, 0.1) is 5.92 Å². The van der Waals surface area contributed by atoms with E-state index in [1.807, 2.05) is 60.7 Å². The molecule has 0 bridgehead atoms. The second-order valence-corrected chi connectivity index (χ2v) is 10.2. The third-order valence-electron chi connectivity index (χ3n) is 7.32. The molecule has 1 aliphatic rings. The first-order valence-electron chi connectivity index (χ1n) is 14.0. The zero-order valence-corrected chi connectivity index (χ0v) is 22.5. The largest absolute Gasteiger partial charge is 0.492 e. The third kappa shape index (κ3) is 7.07. The average molecular weight is 542 g/mol. The number of carbonyl (C=O) groups excluding carboxylic acids is 1. The monoisotopic (exact) mass is 541 g/mol. The van der Waals surface area contributed by atoms with Crippen molar-refractivity contribution >= 4 is 28.5 Å². The number of ether oxygens (including phenoxy) is 1. The Balaban J connectivity index is 1.11. The molecular formula is C32H35N3O5. The maximum atomic E-state index is 13.2. The van der Waals surface area contributed by atoms with Gasteiger partial charge in [-0.15, -0.1) is 0 Å². The van der Waals surface area contributed by atoms with Gasteiger partial charge in [-0.1, -0.05) is 55.7 Å². The number of oxazole rings is 1. The van der Waals surface area contributed by atoms with Crippen molar-refractivity contribution in [2.75, 3.05) is 18.5 Å². The number of hydrogen-bond donors (Lipinski definition) is 3. The van der Waals surface area contributed by atoms with E-state index in [-0.39, 0.29) is 18.1 Å². The number of hydrogen-bond acceptors (Lipinski definition) is 7. The highest BCUT2D eigenvalue weighted by Crippen LogP contribution is 2.30. The van der Waals surface area contributed by atoms with Crippen molar-refractivity contribution in [3.05, 3.63) is 89.8 Å². The first kappa shape index (κ1) is 27.4. The van der Waals surface area contributed by atoms with Crippen LogP contribution in [0.5, 0.6) is 5.75 Å². The number of benzene rings is 3. The zero-order chi connectivity index (χ0) is 27.7. The van der Waals surface area contributed by atoms with E-state index in [1.165, 1.54) is 6.42 Å². The van der Waals surface area contributed by atoms with Gasteiger partial charge in [-0.3, -0.25) is 4.79 Å². The molecule has 0 amide bonds. The highest BCUT2D eigenvalue weighted by molar-refractivity contribution is 6.03. The number of carbonyl (C=O) groups is 2. The first-order valence-corrected chi connectivity index (χ1v) is 14.0. The van der Waals surface area contributed by atoms with Crippen LogP contribution in [0.4, 0.5) is 5.69 Å². The van der Waals surface area contributed by atoms with E-state index in [9.17, 15) is 14.7 Å². The van der Waals surface area contributed by atoms with E-state index in [2.05, 4.69) is 15.6 Å². The smallest absolute Gasteiger partial charge is 0.326 e. The maximum Gasteiger partial charge on any atom is 0.326 e. The second kappa shape index (κ2) is 13.3. The highest BCUT2D eigenvalue weighted by atomic mass is 16.5. The van der Waals surface area contributed by atoms with Gasteiger partial charge in [-0.05, 0) is 54.8 Å². The standard InChI is InChI=1S/C32H35N3O5/c36-31(23-8-2-1-3-9-23)25-10-4-5-11-26(25)34-28(32(37)38)20-22-14-16-24(17-15-22)39-19-18-33-21-30-35-27-12-6-7-13-29(27)40-30/h4-7,10-17,23,28,33-34H,1-3,8-9,18-21H2,(H,37,38). The quantitative estimate of drug-likeness (QED) is 0.142. The van der Waals surface area contributed by atoms with Gasteiger partial charge in [0, 0.05) is 30.1 Å². The minimum Gasteiger partial charge on any atom is -0.492 e. The topological polar surface area (TPSA) is 114 Å². The normalized spacial score (nSPS) is 14.6. The number of nitrogens with zero attached hydrogens (tertiary/aromatic N) is 1. The van der Waals surface area contributed by atoms with Crippen LogP contribution in [0.1, 0.15) is 53.9 Å². The summed E-state index contributed by atoms with van der Waals surface area (Å²) in [6.45, 7) is 1.59. The molecule has 40 heavy (non-hydrogen) atoms. The molecule has 4 aromatic rings. The number of anilines is 1. The molecule has 0 aliphatic heterocycles. The second-order valence-electron chi connectivity index (χ2n) is 10.2. The Morgan fingerprint density at radius 3 is 2.50 bits per heavy atom. The molecule has 1 aromatic heterocycles. The molecule has 1 unspecified atom stereocenters. The predicted octanol–water partition coefficient (Wildman–Crippen LogP) is 5.87. The Kier molecular flexibility index (Phi) is 9.08. The van der Waals surface area contributed by atoms with E-state index in [4.69, 9.17) is 9.15 Å². The van der Waals surface area contributed by atoms with Gasteiger partial charge in [0.2, 0.25) is 5.89 Å². The molecule has 1 saturated carbocycles. The Bertz CT molecular complexity index is 1390. The fourth-order valence-corrected chi connectivity index (χ4v) is 5.19. The van der Waals surface area contributed by atoms with Gasteiger partial charge in [0.1, 0.15) is 23.9 Å². The van der Waals surface area contributed by atoms with Gasteiger partial charge in [0.25, 0.3) is 0 Å². The summed E-state index contributed by atoms with van der Waals surface area (Å²) < 4.78 is 11.5. The molecule has 0 radical (unpaired) electrons. The van der Waals surface area contributed by atoms with Gasteiger partial charge in [0.15, 0.2) is 11.4 Å². The number of carboxylic acids is 1. The molecule has 8 nitrogen and oxygen atoms in total. The van der Waals surface area contributed by atoms with E-state index >= 15 is 0 Å². The molecule has 3 aromatic carbocycles. The molecule has 1 fully saturated rings. The van der Waals surface area contributed by atoms with Crippen molar-refractivity contribution in [3.8, 4) is 5.75 Å². The predicted molar refractivity (Wildman–Crippen MR) is 154 cm³/mol. The third-order valence-corrected chi connectivity index (χ3v) is 7.32. The number of para-hydroxylation sites is 3. The summed E-state index contributed by atoms with van der Waals surface area (Å²) in [4.78, 5) is 29.8. The minimum atomic E-state index is -0.967. The summed E-state index contributed by atoms with van der Waals surface area (Å²) in [5.41, 5.74) is 3.63. The first-order chi connectivity index (χ1) is 19.6. The van der Waals surface area contributed by atoms with Crippen molar-refractivity contribution in [3.63, 3.8) is 0 Å². The van der Waals surface area contributed by atoms with Gasteiger partial charge >= 0.3 is 5.97 Å². The summed E-state index contributed by atoms with van der Waals surface area (Å²) in [7, 11) is 0. The summed E-state index contributed by atoms with van der Waals surface area (Å²) in [6.07, 6.45) is 5.39. The van der Waals surface area contributed by atoms with Gasteiger partial charge in [-0.25, -0.2) is 9.78 Å². The Labute approximate surface area is 233 Å². The number of carboxylic acid groups (broad SMARTS) is 1. The highest BCUT2D eigenvalue weighted by Gasteiger charge is 2.26. The number of nitrogens with one attached hydrogen (secondary N) is 2. The van der Waals surface area contributed by atoms with Crippen molar-refractivity contribution in [1.82, 2.24) is 10.3 Å². The summed E-state index contributed by atoms with van der Waals surface area (Å²) >= 11 is 0. The molecule has 0 saturated heterocycles. The Morgan fingerprint density at radius 2 is 1.73 bits per heavy atom. The molecule has 8 heteroatoms. The lowest BCUT2D eigenvalue weighted by Crippen LogP contribution is -2.32. The van der Waals surface area contributed by atoms with Crippen molar-refractivity contribution in [2.45, 2.75) is 51.1 Å². The van der Waals surface area contributed by atoms with Gasteiger partial charge < -0.3 is 24.9 Å². The molecule has 3 N–H and O–H groups in total. The molecular weight excluding hydrogens is 506 g/mol. The fourth-order valence-electron chi connectivity index (χ4n) is 5.19. The van der Waals surface area contributed by atoms with Crippen LogP contribution in [0.2, 0.25) is 0 Å². The van der Waals surface area contributed by atoms with E-state index in [1.54, 1.807) is 12.1 Å². The Hall–Kier alpha value is -4.17. The number of aliphatic carboxylic acids is 1. The van der Waals surface area contributed by atoms with Crippen molar-refractivity contribution in [1.29, 1.82) is 0 Å². The van der Waals surface area contributed by atoms with Gasteiger partial charge in [-0.2, -0.15) is 0 Å². The summed E-state index contributed by atoms with van der Waals surface area (Å²) in [6, 6.07) is 21.5. The van der Waals surface area contributed by atoms with Crippen LogP contribution < -0.4 is 15.4 Å². The van der Waals surface area contributed by atoms with E-state index < -0.39 is 12.0 Å². The molecule has 5 rings (SSSR count). The van der Waals surface area contributed by atoms with Crippen LogP contribution in [0.25, 0.3) is 11.1 Å². The molecule has 0 spiro atoms. The molecule has 1 heterocycles. The van der Waals surface area contributed by atoms with Crippen molar-refractivity contribution < 1.29 is 23.8 Å². The summed E-state index contributed by atoms with van der Waals surface area (Å²) in [5, 5.41) is 16.3. The van der Waals surface area contributed by atoms with Gasteiger partial charge in [0.05, 0.1) is 6.54 Å². The van der Waals surface area contributed by atoms with Crippen LogP contribution in [0.15, 0.2) is 77.2 Å². The zero-order valence-electron chi connectivity index (χ0n) is 22.5. The SMILES string of the molecule is O=C(c1ccccc1NC(Cc1ccc(OCCNCc2nc3ccccc3o2)cc1)C(=O)O)C1CCCCC1. The number of fused-ring (bicyclic) bond motifs is 1. The Morgan fingerprint density at radius 1 is 0.975 bits per heavy atom. The number of rotatable bonds is 13. The molecule has 208 valence electrons. The van der Waals surface area contributed by atoms with Crippen LogP contribution in [0.3, 0.4) is 0 Å². The van der Waals surface area contributed by atoms with Crippen molar-refractivity contribution in [2.24, 2.45) is 5.92 Å². The van der Waals surface area contributed by atoms with E-state index in [0.717, 1.165) is 42.3 Å². The molecule has 1 atom stereocenters. The number of Topliss-reactive ketones (excluding diaryl/α,β-unsaturated/α-hetero) is 1. The minimum absolute atomic E-state index is 0.0182. The lowest BCUT2D eigenvalue weighted by atomic mass is 9.83. The fraction of sp³-hybridized carbons (Fsp3) is 0.344. The summed E-state index contributed by atoms with van der Waals surface area (Å²) in [5.74, 6) is 0.496. The average Bonchev–Trinajstić information content (AvgIpc) is 3.41. The van der Waals surface area contributed by atoms with Crippen LogP contribution in [-0.2, 0) is 17.8 Å². The van der Waals surface area contributed by atoms with Crippen LogP contribution >= 0.6 is 0 Å². The van der Waals surface area contributed by atoms with E-state index in [0.29, 0.717) is 42.6 Å². The number of ketones is 1. The molecule has 1 aliphatic carbocycles. The lowest BCUT2D eigenvalue weighted by molar-refractivity contribution is -0.137. The maximum absolute atomic E-state index is 13.2. The number of aromatic nitrogens is 1.